The molecule has 1 rings (SSSR count). The second-order valence-corrected chi connectivity index (χ2v) is 3.33. The van der Waals surface area contributed by atoms with E-state index in [2.05, 4.69) is 20.7 Å². The van der Waals surface area contributed by atoms with Crippen LogP contribution in [0.4, 0.5) is 4.39 Å². The van der Waals surface area contributed by atoms with Crippen LogP contribution in [0.2, 0.25) is 0 Å². The Balaban J connectivity index is 3.25. The molecule has 0 saturated carbocycles. The summed E-state index contributed by atoms with van der Waals surface area (Å²) in [5.74, 6) is -0.877. The molecule has 3 nitrogen and oxygen atoms in total. The number of carbonyl (C=O) groups is 1. The van der Waals surface area contributed by atoms with Gasteiger partial charge in [0.15, 0.2) is 0 Å². The number of halogens is 2. The monoisotopic (exact) mass is 276 g/mol. The van der Waals surface area contributed by atoms with Crippen molar-refractivity contribution in [2.45, 2.75) is 5.33 Å². The smallest absolute Gasteiger partial charge is 0.340 e. The molecule has 0 spiro atoms. The van der Waals surface area contributed by atoms with Gasteiger partial charge in [-0.25, -0.2) is 9.18 Å². The third-order valence-electron chi connectivity index (χ3n) is 1.92. The fraction of sp³-hybridized carbons (Fsp3) is 0.300. The number of esters is 1. The van der Waals surface area contributed by atoms with Crippen molar-refractivity contribution in [1.82, 2.24) is 0 Å². The molecule has 0 saturated heterocycles. The van der Waals surface area contributed by atoms with E-state index >= 15 is 0 Å². The Morgan fingerprint density at radius 2 is 2.13 bits per heavy atom. The number of rotatable bonds is 3. The van der Waals surface area contributed by atoms with E-state index in [4.69, 9.17) is 4.74 Å². The number of benzene rings is 1. The van der Waals surface area contributed by atoms with Crippen LogP contribution >= 0.6 is 15.9 Å². The lowest BCUT2D eigenvalue weighted by molar-refractivity contribution is 0.0595. The minimum Gasteiger partial charge on any atom is -0.496 e. The zero-order valence-electron chi connectivity index (χ0n) is 8.34. The van der Waals surface area contributed by atoms with Crippen molar-refractivity contribution in [2.75, 3.05) is 14.2 Å². The Kier molecular flexibility index (Phi) is 4.08. The van der Waals surface area contributed by atoms with Gasteiger partial charge in [0.25, 0.3) is 0 Å². The molecule has 0 bridgehead atoms. The molecule has 0 amide bonds. The van der Waals surface area contributed by atoms with Crippen LogP contribution in [0.25, 0.3) is 0 Å². The molecule has 82 valence electrons. The van der Waals surface area contributed by atoms with Gasteiger partial charge in [0.2, 0.25) is 0 Å². The molecule has 0 heterocycles. The lowest BCUT2D eigenvalue weighted by Gasteiger charge is -2.08. The van der Waals surface area contributed by atoms with Gasteiger partial charge in [0.05, 0.1) is 19.8 Å². The van der Waals surface area contributed by atoms with Crippen LogP contribution in [0.5, 0.6) is 5.75 Å². The summed E-state index contributed by atoms with van der Waals surface area (Å²) in [6.07, 6.45) is 0. The van der Waals surface area contributed by atoms with Crippen LogP contribution in [0.15, 0.2) is 12.1 Å². The van der Waals surface area contributed by atoms with Crippen LogP contribution in [-0.4, -0.2) is 20.2 Å². The maximum atomic E-state index is 13.4. The van der Waals surface area contributed by atoms with Gasteiger partial charge < -0.3 is 9.47 Å². The predicted molar refractivity (Wildman–Crippen MR) is 56.9 cm³/mol. The molecule has 5 heteroatoms. The predicted octanol–water partition coefficient (Wildman–Crippen LogP) is 2.52. The lowest BCUT2D eigenvalue weighted by Crippen LogP contribution is -2.06. The van der Waals surface area contributed by atoms with Gasteiger partial charge in [0, 0.05) is 10.9 Å². The number of ether oxygens (including phenoxy) is 2. The van der Waals surface area contributed by atoms with E-state index in [0.717, 1.165) is 0 Å². The van der Waals surface area contributed by atoms with E-state index in [0.29, 0.717) is 16.6 Å². The first-order valence-electron chi connectivity index (χ1n) is 4.14. The van der Waals surface area contributed by atoms with Gasteiger partial charge in [-0.15, -0.1) is 0 Å². The second-order valence-electron chi connectivity index (χ2n) is 2.77. The van der Waals surface area contributed by atoms with Gasteiger partial charge in [-0.05, 0) is 12.1 Å². The summed E-state index contributed by atoms with van der Waals surface area (Å²) in [5.41, 5.74) is 0.515. The Bertz CT molecular complexity index is 379. The van der Waals surface area contributed by atoms with Crippen molar-refractivity contribution in [1.29, 1.82) is 0 Å². The van der Waals surface area contributed by atoms with E-state index in [1.54, 1.807) is 0 Å². The fourth-order valence-electron chi connectivity index (χ4n) is 1.16. The number of hydrogen-bond acceptors (Lipinski definition) is 3. The molecular weight excluding hydrogens is 267 g/mol. The largest absolute Gasteiger partial charge is 0.496 e. The number of carbonyl (C=O) groups excluding carboxylic acids is 1. The summed E-state index contributed by atoms with van der Waals surface area (Å²) in [4.78, 5) is 11.2. The Morgan fingerprint density at radius 1 is 1.47 bits per heavy atom. The number of hydrogen-bond donors (Lipinski definition) is 0. The van der Waals surface area contributed by atoms with Crippen LogP contribution in [0.3, 0.4) is 0 Å². The quantitative estimate of drug-likeness (QED) is 0.629. The lowest BCUT2D eigenvalue weighted by atomic mass is 10.1. The van der Waals surface area contributed by atoms with Crippen LogP contribution in [-0.2, 0) is 10.1 Å². The average molecular weight is 277 g/mol. The molecule has 0 N–H and O–H groups in total. The minimum atomic E-state index is -0.716. The van der Waals surface area contributed by atoms with Crippen molar-refractivity contribution >= 4 is 21.9 Å². The van der Waals surface area contributed by atoms with Crippen LogP contribution < -0.4 is 4.74 Å². The van der Waals surface area contributed by atoms with Gasteiger partial charge >= 0.3 is 5.97 Å². The SMILES string of the molecule is COC(=O)c1cc(OC)c(CBr)cc1F. The van der Waals surface area contributed by atoms with Gasteiger partial charge in [-0.1, -0.05) is 15.9 Å². The first-order valence-corrected chi connectivity index (χ1v) is 5.26. The zero-order chi connectivity index (χ0) is 11.4. The van der Waals surface area contributed by atoms with Gasteiger partial charge in [-0.3, -0.25) is 0 Å². The summed E-state index contributed by atoms with van der Waals surface area (Å²) in [5, 5.41) is 0.453. The molecule has 0 atom stereocenters. The third-order valence-corrected chi connectivity index (χ3v) is 2.52. The molecule has 1 aromatic rings. The first-order chi connectivity index (χ1) is 7.13. The average Bonchev–Trinajstić information content (AvgIpc) is 2.27. The molecule has 0 aliphatic rings. The molecule has 15 heavy (non-hydrogen) atoms. The van der Waals surface area contributed by atoms with E-state index in [9.17, 15) is 9.18 Å². The van der Waals surface area contributed by atoms with Gasteiger partial charge in [-0.2, -0.15) is 0 Å². The zero-order valence-corrected chi connectivity index (χ0v) is 9.93. The highest BCUT2D eigenvalue weighted by Gasteiger charge is 2.16. The molecule has 0 aliphatic carbocycles. The number of alkyl halides is 1. The third kappa shape index (κ3) is 2.47. The fourth-order valence-corrected chi connectivity index (χ4v) is 1.59. The molecular formula is C10H10BrFO3. The summed E-state index contributed by atoms with van der Waals surface area (Å²) >= 11 is 3.20. The summed E-state index contributed by atoms with van der Waals surface area (Å²) < 4.78 is 22.9. The van der Waals surface area contributed by atoms with E-state index in [1.165, 1.54) is 26.4 Å². The molecule has 0 aromatic heterocycles. The van der Waals surface area contributed by atoms with E-state index < -0.39 is 11.8 Å². The normalized spacial score (nSPS) is 9.87. The molecule has 1 aromatic carbocycles. The number of methoxy groups -OCH3 is 2. The molecule has 0 aliphatic heterocycles. The van der Waals surface area contributed by atoms with Gasteiger partial charge in [0.1, 0.15) is 11.6 Å². The maximum absolute atomic E-state index is 13.4. The highest BCUT2D eigenvalue weighted by Crippen LogP contribution is 2.25. The Labute approximate surface area is 95.3 Å². The Morgan fingerprint density at radius 3 is 2.60 bits per heavy atom. The highest BCUT2D eigenvalue weighted by atomic mass is 79.9. The van der Waals surface area contributed by atoms with Crippen molar-refractivity contribution in [3.05, 3.63) is 29.1 Å². The van der Waals surface area contributed by atoms with Crippen molar-refractivity contribution < 1.29 is 18.7 Å². The summed E-state index contributed by atoms with van der Waals surface area (Å²) in [6, 6.07) is 2.58. The molecule has 0 radical (unpaired) electrons. The van der Waals surface area contributed by atoms with E-state index in [1.807, 2.05) is 0 Å². The van der Waals surface area contributed by atoms with E-state index in [-0.39, 0.29) is 5.56 Å². The highest BCUT2D eigenvalue weighted by molar-refractivity contribution is 9.08. The van der Waals surface area contributed by atoms with Crippen LogP contribution in [0.1, 0.15) is 15.9 Å². The minimum absolute atomic E-state index is 0.126. The Hall–Kier alpha value is -1.10. The van der Waals surface area contributed by atoms with Crippen molar-refractivity contribution in [3.8, 4) is 5.75 Å². The van der Waals surface area contributed by atoms with Crippen molar-refractivity contribution in [3.63, 3.8) is 0 Å². The molecule has 0 unspecified atom stereocenters. The topological polar surface area (TPSA) is 35.5 Å². The summed E-state index contributed by atoms with van der Waals surface area (Å²) in [6.45, 7) is 0. The first kappa shape index (κ1) is 12.0. The second kappa shape index (κ2) is 5.11. The molecule has 0 fully saturated rings. The standard InChI is InChI=1S/C10H10BrFO3/c1-14-9-4-7(10(13)15-2)8(12)3-6(9)5-11/h3-4H,5H2,1-2H3. The maximum Gasteiger partial charge on any atom is 0.340 e. The van der Waals surface area contributed by atoms with Crippen molar-refractivity contribution in [2.24, 2.45) is 0 Å². The van der Waals surface area contributed by atoms with Crippen LogP contribution in [0, 0.1) is 5.82 Å². The summed E-state index contributed by atoms with van der Waals surface area (Å²) in [7, 11) is 2.66.